The lowest BCUT2D eigenvalue weighted by molar-refractivity contribution is -0.133. The van der Waals surface area contributed by atoms with Gasteiger partial charge in [0.15, 0.2) is 11.5 Å². The number of nitrogens with one attached hydrogen (secondary N) is 1. The maximum absolute atomic E-state index is 13.2. The van der Waals surface area contributed by atoms with Crippen molar-refractivity contribution < 1.29 is 19.1 Å². The highest BCUT2D eigenvalue weighted by Gasteiger charge is 2.28. The van der Waals surface area contributed by atoms with Crippen molar-refractivity contribution in [2.45, 2.75) is 26.4 Å². The maximum atomic E-state index is 13.2. The van der Waals surface area contributed by atoms with E-state index in [-0.39, 0.29) is 18.3 Å². The Labute approximate surface area is 202 Å². The fraction of sp³-hybridized carbons (Fsp3) is 0.360. The van der Waals surface area contributed by atoms with Crippen molar-refractivity contribution in [1.82, 2.24) is 19.8 Å². The fourth-order valence-electron chi connectivity index (χ4n) is 4.51. The zero-order valence-electron chi connectivity index (χ0n) is 19.7. The molecule has 1 unspecified atom stereocenters. The Morgan fingerprint density at radius 1 is 1.11 bits per heavy atom. The molecule has 1 fully saturated rings. The van der Waals surface area contributed by atoms with E-state index in [1.54, 1.807) is 30.2 Å². The quantitative estimate of drug-likeness (QED) is 0.595. The Balaban J connectivity index is 1.30. The molecule has 2 aliphatic rings. The minimum atomic E-state index is -0.772. The van der Waals surface area contributed by atoms with Gasteiger partial charge < -0.3 is 29.2 Å². The van der Waals surface area contributed by atoms with E-state index in [0.29, 0.717) is 55.1 Å². The van der Waals surface area contributed by atoms with Gasteiger partial charge in [0.1, 0.15) is 17.4 Å². The van der Waals surface area contributed by atoms with E-state index in [0.717, 1.165) is 5.82 Å². The summed E-state index contributed by atoms with van der Waals surface area (Å²) in [5.74, 6) is 1.16. The molecule has 1 N–H and O–H groups in total. The van der Waals surface area contributed by atoms with Crippen LogP contribution in [0.1, 0.15) is 24.2 Å². The summed E-state index contributed by atoms with van der Waals surface area (Å²) >= 11 is 0. The smallest absolute Gasteiger partial charge is 0.257 e. The summed E-state index contributed by atoms with van der Waals surface area (Å²) in [6, 6.07) is 8.34. The van der Waals surface area contributed by atoms with Crippen LogP contribution in [0.3, 0.4) is 0 Å². The van der Waals surface area contributed by atoms with Gasteiger partial charge in [-0.2, -0.15) is 0 Å². The molecule has 2 aromatic heterocycles. The number of hydrogen-bond donors (Lipinski definition) is 1. The predicted molar refractivity (Wildman–Crippen MR) is 130 cm³/mol. The number of aryl methyl sites for hydroxylation is 1. The van der Waals surface area contributed by atoms with Crippen LogP contribution in [0.2, 0.25) is 0 Å². The van der Waals surface area contributed by atoms with Gasteiger partial charge in [0.2, 0.25) is 18.1 Å². The van der Waals surface area contributed by atoms with Gasteiger partial charge in [0.25, 0.3) is 5.91 Å². The highest BCUT2D eigenvalue weighted by Crippen LogP contribution is 2.35. The molecule has 10 nitrogen and oxygen atoms in total. The van der Waals surface area contributed by atoms with Crippen LogP contribution in [0.4, 0.5) is 5.82 Å². The van der Waals surface area contributed by atoms with Gasteiger partial charge in [-0.05, 0) is 32.0 Å². The molecule has 0 aliphatic carbocycles. The Morgan fingerprint density at radius 3 is 2.54 bits per heavy atom. The number of fused-ring (bicyclic) bond motifs is 2. The first-order valence-corrected chi connectivity index (χ1v) is 11.7. The summed E-state index contributed by atoms with van der Waals surface area (Å²) in [6.45, 7) is 6.58. The van der Waals surface area contributed by atoms with Gasteiger partial charge in [0, 0.05) is 51.2 Å². The minimum Gasteiger partial charge on any atom is -0.454 e. The molecule has 182 valence electrons. The van der Waals surface area contributed by atoms with Crippen molar-refractivity contribution in [3.05, 3.63) is 58.5 Å². The lowest BCUT2D eigenvalue weighted by atomic mass is 10.1. The molecule has 10 heteroatoms. The molecule has 1 aromatic carbocycles. The van der Waals surface area contributed by atoms with E-state index >= 15 is 0 Å². The molecule has 0 bridgehead atoms. The van der Waals surface area contributed by atoms with Gasteiger partial charge in [-0.25, -0.2) is 4.98 Å². The molecule has 35 heavy (non-hydrogen) atoms. The number of amides is 2. The van der Waals surface area contributed by atoms with E-state index in [1.165, 1.54) is 6.20 Å². The zero-order chi connectivity index (χ0) is 24.5. The average Bonchev–Trinajstić information content (AvgIpc) is 3.36. The molecular weight excluding hydrogens is 450 g/mol. The molecule has 4 heterocycles. The molecule has 5 rings (SSSR count). The molecule has 0 spiro atoms. The van der Waals surface area contributed by atoms with E-state index in [1.807, 2.05) is 29.7 Å². The molecule has 2 amide bonds. The number of pyridine rings is 2. The zero-order valence-corrected chi connectivity index (χ0v) is 19.7. The van der Waals surface area contributed by atoms with Crippen LogP contribution in [0.25, 0.3) is 10.9 Å². The summed E-state index contributed by atoms with van der Waals surface area (Å²) in [6.07, 6.45) is 3.28. The SMILES string of the molecule is CCn1cc(C(=O)NC(C)C(=O)N2CCN(c3ccccn3)CC2)c(=O)c2cc3c(cc21)OCO3. The molecular formula is C25H27N5O5. The molecule has 0 saturated carbocycles. The average molecular weight is 478 g/mol. The third kappa shape index (κ3) is 4.27. The number of rotatable bonds is 5. The van der Waals surface area contributed by atoms with Crippen LogP contribution in [0, 0.1) is 0 Å². The number of aromatic nitrogens is 2. The van der Waals surface area contributed by atoms with E-state index in [4.69, 9.17) is 9.47 Å². The summed E-state index contributed by atoms with van der Waals surface area (Å²) < 4.78 is 12.6. The standard InChI is InChI=1S/C25H27N5O5/c1-3-28-14-18(23(31)17-12-20-21(13-19(17)28)35-15-34-20)24(32)27-16(2)25(33)30-10-8-29(9-11-30)22-6-4-5-7-26-22/h4-7,12-14,16H,3,8-11,15H2,1-2H3,(H,27,32). The third-order valence-electron chi connectivity index (χ3n) is 6.44. The highest BCUT2D eigenvalue weighted by atomic mass is 16.7. The van der Waals surface area contributed by atoms with Crippen molar-refractivity contribution in [2.24, 2.45) is 0 Å². The number of benzene rings is 1. The van der Waals surface area contributed by atoms with Gasteiger partial charge in [0.05, 0.1) is 10.9 Å². The number of hydrogen-bond acceptors (Lipinski definition) is 7. The van der Waals surface area contributed by atoms with Crippen LogP contribution in [-0.4, -0.2) is 65.3 Å². The van der Waals surface area contributed by atoms with Crippen LogP contribution in [0.5, 0.6) is 11.5 Å². The third-order valence-corrected chi connectivity index (χ3v) is 6.44. The summed E-state index contributed by atoms with van der Waals surface area (Å²) in [4.78, 5) is 47.5. The van der Waals surface area contributed by atoms with E-state index in [2.05, 4.69) is 15.2 Å². The lowest BCUT2D eigenvalue weighted by Crippen LogP contribution is -2.54. The maximum Gasteiger partial charge on any atom is 0.257 e. The van der Waals surface area contributed by atoms with Crippen LogP contribution < -0.4 is 25.1 Å². The first kappa shape index (κ1) is 22.7. The van der Waals surface area contributed by atoms with Crippen LogP contribution in [-0.2, 0) is 11.3 Å². The minimum absolute atomic E-state index is 0.0159. The van der Waals surface area contributed by atoms with Gasteiger partial charge in [-0.3, -0.25) is 14.4 Å². The molecule has 3 aromatic rings. The van der Waals surface area contributed by atoms with Crippen molar-refractivity contribution in [2.75, 3.05) is 37.9 Å². The fourth-order valence-corrected chi connectivity index (χ4v) is 4.51. The molecule has 1 saturated heterocycles. The number of anilines is 1. The Hall–Kier alpha value is -4.08. The summed E-state index contributed by atoms with van der Waals surface area (Å²) in [7, 11) is 0. The number of ether oxygens (including phenoxy) is 2. The van der Waals surface area contributed by atoms with Crippen molar-refractivity contribution >= 4 is 28.5 Å². The predicted octanol–water partition coefficient (Wildman–Crippen LogP) is 1.61. The van der Waals surface area contributed by atoms with Gasteiger partial charge >= 0.3 is 0 Å². The monoisotopic (exact) mass is 477 g/mol. The summed E-state index contributed by atoms with van der Waals surface area (Å²) in [5.41, 5.74) is 0.232. The largest absolute Gasteiger partial charge is 0.454 e. The number of carbonyl (C=O) groups excluding carboxylic acids is 2. The molecule has 1 atom stereocenters. The number of piperazine rings is 1. The van der Waals surface area contributed by atoms with Crippen LogP contribution >= 0.6 is 0 Å². The second-order valence-electron chi connectivity index (χ2n) is 8.58. The van der Waals surface area contributed by atoms with Gasteiger partial charge in [-0.1, -0.05) is 6.07 Å². The summed E-state index contributed by atoms with van der Waals surface area (Å²) in [5, 5.41) is 3.09. The normalized spacial score (nSPS) is 15.8. The highest BCUT2D eigenvalue weighted by molar-refractivity contribution is 6.00. The lowest BCUT2D eigenvalue weighted by Gasteiger charge is -2.36. The van der Waals surface area contributed by atoms with Crippen molar-refractivity contribution in [3.63, 3.8) is 0 Å². The van der Waals surface area contributed by atoms with Gasteiger partial charge in [-0.15, -0.1) is 0 Å². The number of nitrogens with zero attached hydrogens (tertiary/aromatic N) is 4. The first-order valence-electron chi connectivity index (χ1n) is 11.7. The van der Waals surface area contributed by atoms with E-state index < -0.39 is 17.4 Å². The second kappa shape index (κ2) is 9.28. The Morgan fingerprint density at radius 2 is 1.86 bits per heavy atom. The van der Waals surface area contributed by atoms with Crippen LogP contribution in [0.15, 0.2) is 47.5 Å². The number of carbonyl (C=O) groups is 2. The molecule has 2 aliphatic heterocycles. The van der Waals surface area contributed by atoms with Crippen molar-refractivity contribution in [3.8, 4) is 11.5 Å². The molecule has 0 radical (unpaired) electrons. The Bertz CT molecular complexity index is 1330. The Kier molecular flexibility index (Phi) is 6.02. The second-order valence-corrected chi connectivity index (χ2v) is 8.58. The van der Waals surface area contributed by atoms with Crippen molar-refractivity contribution in [1.29, 1.82) is 0 Å². The topological polar surface area (TPSA) is 106 Å². The van der Waals surface area contributed by atoms with E-state index in [9.17, 15) is 14.4 Å². The first-order chi connectivity index (χ1) is 17.0.